The maximum atomic E-state index is 6.04. The Morgan fingerprint density at radius 2 is 1.62 bits per heavy atom. The van der Waals surface area contributed by atoms with Gasteiger partial charge in [-0.3, -0.25) is 0 Å². The van der Waals surface area contributed by atoms with Crippen LogP contribution in [0.25, 0.3) is 5.52 Å². The number of aromatic nitrogens is 2. The molecule has 3 aromatic rings. The summed E-state index contributed by atoms with van der Waals surface area (Å²) >= 11 is 6.04. The molecule has 2 heterocycles. The van der Waals surface area contributed by atoms with Crippen LogP contribution in [0.3, 0.4) is 0 Å². The van der Waals surface area contributed by atoms with Gasteiger partial charge in [0.2, 0.25) is 0 Å². The Morgan fingerprint density at radius 3 is 2.35 bits per heavy atom. The van der Waals surface area contributed by atoms with Crippen molar-refractivity contribution in [3.63, 3.8) is 0 Å². The number of nitrogens with zero attached hydrogens (tertiary/aromatic N) is 2. The lowest BCUT2D eigenvalue weighted by Gasteiger charge is -2.29. The highest BCUT2D eigenvalue weighted by Gasteiger charge is 2.29. The zero-order valence-corrected chi connectivity index (χ0v) is 15.8. The Bertz CT molecular complexity index is 900. The molecular weight excluding hydrogens is 340 g/mol. The van der Waals surface area contributed by atoms with Crippen molar-refractivity contribution < 1.29 is 0 Å². The van der Waals surface area contributed by atoms with Crippen molar-refractivity contribution >= 4 is 17.1 Å². The van der Waals surface area contributed by atoms with Gasteiger partial charge in [0.15, 0.2) is 0 Å². The highest BCUT2D eigenvalue weighted by atomic mass is 35.5. The monoisotopic (exact) mass is 364 g/mol. The molecule has 0 N–H and O–H groups in total. The lowest BCUT2D eigenvalue weighted by Crippen LogP contribution is -2.17. The SMILES string of the molecule is Clc1ccc(C2CCC(Cc3c(C4CC4)ccc4cncn34)CC2)cc1. The number of hydrogen-bond donors (Lipinski definition) is 0. The molecule has 2 fully saturated rings. The lowest BCUT2D eigenvalue weighted by molar-refractivity contribution is 0.321. The molecule has 2 aromatic heterocycles. The molecule has 3 heteroatoms. The topological polar surface area (TPSA) is 17.3 Å². The van der Waals surface area contributed by atoms with Gasteiger partial charge >= 0.3 is 0 Å². The predicted octanol–water partition coefficient (Wildman–Crippen LogP) is 6.38. The van der Waals surface area contributed by atoms with Crippen LogP contribution < -0.4 is 0 Å². The zero-order chi connectivity index (χ0) is 17.5. The average Bonchev–Trinajstić information content (AvgIpc) is 3.40. The maximum absolute atomic E-state index is 6.04. The molecule has 0 spiro atoms. The molecule has 2 saturated carbocycles. The summed E-state index contributed by atoms with van der Waals surface area (Å²) in [6, 6.07) is 13.1. The second kappa shape index (κ2) is 6.74. The molecule has 5 rings (SSSR count). The minimum Gasteiger partial charge on any atom is -0.303 e. The summed E-state index contributed by atoms with van der Waals surface area (Å²) in [4.78, 5) is 4.39. The third-order valence-electron chi connectivity index (χ3n) is 6.41. The van der Waals surface area contributed by atoms with E-state index in [9.17, 15) is 0 Å². The van der Waals surface area contributed by atoms with Crippen LogP contribution in [0.4, 0.5) is 0 Å². The molecule has 0 bridgehead atoms. The van der Waals surface area contributed by atoms with Crippen LogP contribution in [0.2, 0.25) is 5.02 Å². The van der Waals surface area contributed by atoms with E-state index >= 15 is 0 Å². The Labute approximate surface area is 160 Å². The van der Waals surface area contributed by atoms with Crippen molar-refractivity contribution in [1.29, 1.82) is 0 Å². The molecule has 2 nitrogen and oxygen atoms in total. The zero-order valence-electron chi connectivity index (χ0n) is 15.1. The fraction of sp³-hybridized carbons (Fsp3) is 0.435. The van der Waals surface area contributed by atoms with Crippen LogP contribution in [-0.4, -0.2) is 9.38 Å². The molecule has 1 aromatic carbocycles. The van der Waals surface area contributed by atoms with Crippen molar-refractivity contribution in [2.75, 3.05) is 0 Å². The van der Waals surface area contributed by atoms with Gasteiger partial charge in [-0.2, -0.15) is 0 Å². The Kier molecular flexibility index (Phi) is 4.24. The van der Waals surface area contributed by atoms with Crippen molar-refractivity contribution in [2.24, 2.45) is 5.92 Å². The molecule has 134 valence electrons. The second-order valence-corrected chi connectivity index (χ2v) is 8.61. The number of halogens is 1. The summed E-state index contributed by atoms with van der Waals surface area (Å²) < 4.78 is 2.35. The van der Waals surface area contributed by atoms with Crippen LogP contribution in [-0.2, 0) is 6.42 Å². The van der Waals surface area contributed by atoms with Crippen LogP contribution in [0.1, 0.15) is 67.2 Å². The van der Waals surface area contributed by atoms with Crippen LogP contribution in [0.5, 0.6) is 0 Å². The number of fused-ring (bicyclic) bond motifs is 1. The highest BCUT2D eigenvalue weighted by Crippen LogP contribution is 2.44. The van der Waals surface area contributed by atoms with Gasteiger partial charge in [-0.1, -0.05) is 29.8 Å². The van der Waals surface area contributed by atoms with Crippen molar-refractivity contribution in [3.8, 4) is 0 Å². The van der Waals surface area contributed by atoms with Gasteiger partial charge in [-0.05, 0) is 92.0 Å². The van der Waals surface area contributed by atoms with Crippen molar-refractivity contribution in [3.05, 3.63) is 70.8 Å². The first-order valence-electron chi connectivity index (χ1n) is 9.97. The molecule has 0 radical (unpaired) electrons. The van der Waals surface area contributed by atoms with Crippen LogP contribution >= 0.6 is 11.6 Å². The van der Waals surface area contributed by atoms with Gasteiger partial charge in [0.1, 0.15) is 0 Å². The van der Waals surface area contributed by atoms with E-state index in [-0.39, 0.29) is 0 Å². The molecule has 2 aliphatic carbocycles. The first-order valence-corrected chi connectivity index (χ1v) is 10.3. The summed E-state index contributed by atoms with van der Waals surface area (Å²) in [5.74, 6) is 2.29. The van der Waals surface area contributed by atoms with Crippen molar-refractivity contribution in [2.45, 2.75) is 56.8 Å². The summed E-state index contributed by atoms with van der Waals surface area (Å²) in [5, 5.41) is 0.837. The van der Waals surface area contributed by atoms with Gasteiger partial charge < -0.3 is 4.40 Å². The standard InChI is InChI=1S/C23H25ClN2/c24-20-9-7-18(8-10-20)17-3-1-16(2-4-17)13-23-22(19-5-6-19)12-11-21-14-25-15-26(21)23/h7-12,14-17,19H,1-6,13H2. The van der Waals surface area contributed by atoms with E-state index in [1.54, 1.807) is 5.56 Å². The van der Waals surface area contributed by atoms with E-state index in [1.807, 2.05) is 24.7 Å². The minimum absolute atomic E-state index is 0.704. The highest BCUT2D eigenvalue weighted by molar-refractivity contribution is 6.30. The van der Waals surface area contributed by atoms with E-state index in [2.05, 4.69) is 33.7 Å². The van der Waals surface area contributed by atoms with Crippen LogP contribution in [0, 0.1) is 5.92 Å². The first kappa shape index (κ1) is 16.4. The number of imidazole rings is 1. The summed E-state index contributed by atoms with van der Waals surface area (Å²) in [6.45, 7) is 0. The number of pyridine rings is 1. The Hall–Kier alpha value is -1.80. The molecule has 26 heavy (non-hydrogen) atoms. The smallest absolute Gasteiger partial charge is 0.0994 e. The first-order chi connectivity index (χ1) is 12.8. The van der Waals surface area contributed by atoms with E-state index in [4.69, 9.17) is 11.6 Å². The molecule has 0 unspecified atom stereocenters. The third-order valence-corrected chi connectivity index (χ3v) is 6.66. The number of rotatable bonds is 4. The quantitative estimate of drug-likeness (QED) is 0.524. The van der Waals surface area contributed by atoms with Gasteiger partial charge in [0.25, 0.3) is 0 Å². The molecule has 0 aliphatic heterocycles. The normalized spacial score (nSPS) is 23.4. The molecule has 0 amide bonds. The second-order valence-electron chi connectivity index (χ2n) is 8.17. The largest absolute Gasteiger partial charge is 0.303 e. The lowest BCUT2D eigenvalue weighted by atomic mass is 9.77. The molecular formula is C23H25ClN2. The van der Waals surface area contributed by atoms with Crippen LogP contribution in [0.15, 0.2) is 48.9 Å². The number of hydrogen-bond acceptors (Lipinski definition) is 1. The van der Waals surface area contributed by atoms with E-state index in [0.717, 1.165) is 16.9 Å². The minimum atomic E-state index is 0.704. The predicted molar refractivity (Wildman–Crippen MR) is 107 cm³/mol. The fourth-order valence-electron chi connectivity index (χ4n) is 4.76. The average molecular weight is 365 g/mol. The molecule has 0 atom stereocenters. The maximum Gasteiger partial charge on any atom is 0.0994 e. The van der Waals surface area contributed by atoms with Gasteiger partial charge in [-0.15, -0.1) is 0 Å². The van der Waals surface area contributed by atoms with E-state index in [1.165, 1.54) is 61.7 Å². The molecule has 2 aliphatic rings. The Morgan fingerprint density at radius 1 is 0.885 bits per heavy atom. The van der Waals surface area contributed by atoms with E-state index in [0.29, 0.717) is 5.92 Å². The van der Waals surface area contributed by atoms with Gasteiger partial charge in [0.05, 0.1) is 18.0 Å². The molecule has 0 saturated heterocycles. The van der Waals surface area contributed by atoms with Gasteiger partial charge in [-0.25, -0.2) is 4.98 Å². The van der Waals surface area contributed by atoms with Crippen molar-refractivity contribution in [1.82, 2.24) is 9.38 Å². The number of benzene rings is 1. The summed E-state index contributed by atoms with van der Waals surface area (Å²) in [5.41, 5.74) is 5.80. The Balaban J connectivity index is 1.32. The summed E-state index contributed by atoms with van der Waals surface area (Å²) in [6.07, 6.45) is 13.1. The third kappa shape index (κ3) is 3.16. The van der Waals surface area contributed by atoms with Gasteiger partial charge in [0, 0.05) is 10.7 Å². The van der Waals surface area contributed by atoms with E-state index < -0.39 is 0 Å². The fourth-order valence-corrected chi connectivity index (χ4v) is 4.88. The summed E-state index contributed by atoms with van der Waals surface area (Å²) in [7, 11) is 0.